The Hall–Kier alpha value is -2.29. The SMILES string of the molecule is COC1C(OC(C)=O)C(OC(C)=O)OC1C(O)C(=O)c1ccccc1. The first-order valence-corrected chi connectivity index (χ1v) is 7.65. The van der Waals surface area contributed by atoms with Crippen molar-refractivity contribution in [2.75, 3.05) is 7.11 Å². The molecular formula is C17H20O8. The molecule has 0 spiro atoms. The number of rotatable bonds is 6. The highest BCUT2D eigenvalue weighted by Crippen LogP contribution is 2.30. The smallest absolute Gasteiger partial charge is 0.305 e. The van der Waals surface area contributed by atoms with Gasteiger partial charge in [-0.2, -0.15) is 0 Å². The third-order valence-electron chi connectivity index (χ3n) is 3.70. The second-order valence-corrected chi connectivity index (χ2v) is 5.53. The summed E-state index contributed by atoms with van der Waals surface area (Å²) in [5, 5.41) is 10.4. The molecule has 1 heterocycles. The fourth-order valence-electron chi connectivity index (χ4n) is 2.67. The molecule has 1 N–H and O–H groups in total. The summed E-state index contributed by atoms with van der Waals surface area (Å²) in [6.07, 6.45) is -6.14. The second-order valence-electron chi connectivity index (χ2n) is 5.53. The summed E-state index contributed by atoms with van der Waals surface area (Å²) in [6.45, 7) is 2.34. The van der Waals surface area contributed by atoms with E-state index in [1.807, 2.05) is 0 Å². The lowest BCUT2D eigenvalue weighted by atomic mass is 9.98. The number of carbonyl (C=O) groups excluding carboxylic acids is 3. The van der Waals surface area contributed by atoms with Gasteiger partial charge in [-0.1, -0.05) is 30.3 Å². The number of hydrogen-bond acceptors (Lipinski definition) is 8. The largest absolute Gasteiger partial charge is 0.453 e. The first-order valence-electron chi connectivity index (χ1n) is 7.65. The Morgan fingerprint density at radius 3 is 2.16 bits per heavy atom. The Labute approximate surface area is 144 Å². The predicted octanol–water partition coefficient (Wildman–Crippen LogP) is 0.465. The Balaban J connectivity index is 2.24. The minimum atomic E-state index is -1.59. The first-order chi connectivity index (χ1) is 11.8. The van der Waals surface area contributed by atoms with E-state index in [9.17, 15) is 19.5 Å². The standard InChI is InChI=1S/C17H20O8/c1-9(18)23-16-15(22-3)14(25-17(16)24-10(2)19)13(21)12(20)11-7-5-4-6-8-11/h4-8,13-17,21H,1-3H3. The maximum atomic E-state index is 12.4. The summed E-state index contributed by atoms with van der Waals surface area (Å²) >= 11 is 0. The van der Waals surface area contributed by atoms with Gasteiger partial charge in [-0.25, -0.2) is 0 Å². The molecule has 1 fully saturated rings. The maximum absolute atomic E-state index is 12.4. The van der Waals surface area contributed by atoms with Crippen molar-refractivity contribution >= 4 is 17.7 Å². The number of hydrogen-bond donors (Lipinski definition) is 1. The van der Waals surface area contributed by atoms with Crippen LogP contribution in [0.4, 0.5) is 0 Å². The van der Waals surface area contributed by atoms with Gasteiger partial charge < -0.3 is 24.1 Å². The van der Waals surface area contributed by atoms with Crippen molar-refractivity contribution in [3.05, 3.63) is 35.9 Å². The van der Waals surface area contributed by atoms with E-state index < -0.39 is 48.4 Å². The van der Waals surface area contributed by atoms with E-state index in [1.165, 1.54) is 14.0 Å². The van der Waals surface area contributed by atoms with E-state index in [0.717, 1.165) is 6.92 Å². The molecule has 5 unspecified atom stereocenters. The van der Waals surface area contributed by atoms with Gasteiger partial charge in [-0.3, -0.25) is 14.4 Å². The van der Waals surface area contributed by atoms with Gasteiger partial charge in [-0.15, -0.1) is 0 Å². The number of carbonyl (C=O) groups is 3. The number of methoxy groups -OCH3 is 1. The lowest BCUT2D eigenvalue weighted by molar-refractivity contribution is -0.197. The lowest BCUT2D eigenvalue weighted by Crippen LogP contribution is -2.45. The molecule has 1 aromatic carbocycles. The molecule has 1 aliphatic heterocycles. The number of ketones is 1. The van der Waals surface area contributed by atoms with Crippen LogP contribution in [0.2, 0.25) is 0 Å². The highest BCUT2D eigenvalue weighted by atomic mass is 16.7. The van der Waals surface area contributed by atoms with E-state index in [-0.39, 0.29) is 5.56 Å². The fraction of sp³-hybridized carbons (Fsp3) is 0.471. The van der Waals surface area contributed by atoms with Gasteiger partial charge in [0, 0.05) is 26.5 Å². The number of aliphatic hydroxyl groups is 1. The zero-order chi connectivity index (χ0) is 18.6. The Morgan fingerprint density at radius 2 is 1.64 bits per heavy atom. The van der Waals surface area contributed by atoms with Gasteiger partial charge in [0.2, 0.25) is 6.29 Å². The van der Waals surface area contributed by atoms with Crippen LogP contribution >= 0.6 is 0 Å². The minimum Gasteiger partial charge on any atom is -0.453 e. The van der Waals surface area contributed by atoms with Crippen LogP contribution in [0.15, 0.2) is 30.3 Å². The third-order valence-corrected chi connectivity index (χ3v) is 3.70. The third kappa shape index (κ3) is 4.41. The molecule has 1 saturated heterocycles. The molecule has 2 rings (SSSR count). The molecule has 0 aliphatic carbocycles. The Bertz CT molecular complexity index is 629. The van der Waals surface area contributed by atoms with Crippen molar-refractivity contribution in [2.24, 2.45) is 0 Å². The van der Waals surface area contributed by atoms with E-state index in [1.54, 1.807) is 30.3 Å². The van der Waals surface area contributed by atoms with Crippen LogP contribution in [0.5, 0.6) is 0 Å². The van der Waals surface area contributed by atoms with Gasteiger partial charge in [0.25, 0.3) is 0 Å². The maximum Gasteiger partial charge on any atom is 0.305 e. The highest BCUT2D eigenvalue weighted by molar-refractivity contribution is 5.99. The molecule has 25 heavy (non-hydrogen) atoms. The van der Waals surface area contributed by atoms with E-state index >= 15 is 0 Å². The molecule has 0 amide bonds. The Morgan fingerprint density at radius 1 is 1.04 bits per heavy atom. The summed E-state index contributed by atoms with van der Waals surface area (Å²) < 4.78 is 20.8. The number of ether oxygens (including phenoxy) is 4. The van der Waals surface area contributed by atoms with Crippen LogP contribution in [0, 0.1) is 0 Å². The molecule has 8 nitrogen and oxygen atoms in total. The summed E-state index contributed by atoms with van der Waals surface area (Å²) in [5.41, 5.74) is 0.286. The average molecular weight is 352 g/mol. The van der Waals surface area contributed by atoms with Crippen molar-refractivity contribution < 1.29 is 38.4 Å². The highest BCUT2D eigenvalue weighted by Gasteiger charge is 2.53. The topological polar surface area (TPSA) is 108 Å². The van der Waals surface area contributed by atoms with Gasteiger partial charge in [0.05, 0.1) is 0 Å². The van der Waals surface area contributed by atoms with Crippen molar-refractivity contribution in [3.63, 3.8) is 0 Å². The van der Waals surface area contributed by atoms with Gasteiger partial charge >= 0.3 is 11.9 Å². The van der Waals surface area contributed by atoms with Crippen molar-refractivity contribution in [1.29, 1.82) is 0 Å². The molecule has 1 aromatic rings. The molecule has 0 bridgehead atoms. The van der Waals surface area contributed by atoms with Crippen molar-refractivity contribution in [1.82, 2.24) is 0 Å². The number of aliphatic hydroxyl groups excluding tert-OH is 1. The van der Waals surface area contributed by atoms with Gasteiger partial charge in [-0.05, 0) is 0 Å². The normalized spacial score (nSPS) is 26.7. The average Bonchev–Trinajstić information content (AvgIpc) is 2.90. The van der Waals surface area contributed by atoms with Crippen LogP contribution < -0.4 is 0 Å². The monoisotopic (exact) mass is 352 g/mol. The van der Waals surface area contributed by atoms with E-state index in [4.69, 9.17) is 18.9 Å². The number of Topliss-reactive ketones (excluding diaryl/α,β-unsaturated/α-hetero) is 1. The molecule has 0 aromatic heterocycles. The lowest BCUT2D eigenvalue weighted by Gasteiger charge is -2.23. The molecule has 5 atom stereocenters. The zero-order valence-corrected chi connectivity index (χ0v) is 14.1. The van der Waals surface area contributed by atoms with Gasteiger partial charge in [0.1, 0.15) is 18.3 Å². The van der Waals surface area contributed by atoms with Crippen molar-refractivity contribution in [2.45, 2.75) is 44.6 Å². The Kier molecular flexibility index (Phi) is 6.24. The van der Waals surface area contributed by atoms with Crippen LogP contribution in [-0.4, -0.2) is 60.6 Å². The molecular weight excluding hydrogens is 332 g/mol. The fourth-order valence-corrected chi connectivity index (χ4v) is 2.67. The predicted molar refractivity (Wildman–Crippen MR) is 83.6 cm³/mol. The van der Waals surface area contributed by atoms with Crippen molar-refractivity contribution in [3.8, 4) is 0 Å². The van der Waals surface area contributed by atoms with E-state index in [0.29, 0.717) is 0 Å². The van der Waals surface area contributed by atoms with Crippen LogP contribution in [0.3, 0.4) is 0 Å². The van der Waals surface area contributed by atoms with E-state index in [2.05, 4.69) is 0 Å². The minimum absolute atomic E-state index is 0.286. The number of benzene rings is 1. The molecule has 1 aliphatic rings. The first kappa shape index (κ1) is 19.0. The second kappa shape index (κ2) is 8.19. The summed E-state index contributed by atoms with van der Waals surface area (Å²) in [7, 11) is 1.31. The zero-order valence-electron chi connectivity index (χ0n) is 14.1. The quantitative estimate of drug-likeness (QED) is 0.581. The van der Waals surface area contributed by atoms with Gasteiger partial charge in [0.15, 0.2) is 11.9 Å². The molecule has 0 radical (unpaired) electrons. The van der Waals surface area contributed by atoms with Crippen LogP contribution in [0.25, 0.3) is 0 Å². The molecule has 0 saturated carbocycles. The summed E-state index contributed by atoms with van der Waals surface area (Å²) in [5.74, 6) is -1.89. The summed E-state index contributed by atoms with van der Waals surface area (Å²) in [6, 6.07) is 8.16. The van der Waals surface area contributed by atoms with Crippen LogP contribution in [0.1, 0.15) is 24.2 Å². The van der Waals surface area contributed by atoms with Crippen LogP contribution in [-0.2, 0) is 28.5 Å². The summed E-state index contributed by atoms with van der Waals surface area (Å²) in [4.78, 5) is 35.0. The molecule has 136 valence electrons. The number of esters is 2. The molecule has 8 heteroatoms.